The molecule has 0 fully saturated rings. The molecule has 0 saturated heterocycles. The number of unbranched alkanes of at least 4 members (excludes halogenated alkanes) is 6. The van der Waals surface area contributed by atoms with Crippen molar-refractivity contribution in [3.63, 3.8) is 0 Å². The van der Waals surface area contributed by atoms with Gasteiger partial charge in [-0.15, -0.1) is 0 Å². The van der Waals surface area contributed by atoms with Crippen molar-refractivity contribution in [1.82, 2.24) is 79.7 Å². The SMILES string of the molecule is CCCCC(CC)COc1cc2c(cc1OCC(CC)CCCC)-c1nc-2nc2[n-]c(nc3nc(nc4[n-]c(n1)c1cc5cc6c(cc5cc41)-c1nc-6nc4[n-]c(nc5nc(nc6[n-]c(n1)c1ccccc61)-c1ccccc1-5)c1ccccc41)-c1cc(OCC(CC)CCCC)c(OCC(CC)CCCC)cc1-3)c1cc(OCC(CC)CCCC)c(OCC(CC)CCCC)cc21.[Ni+2].[Ni+2]. The van der Waals surface area contributed by atoms with Crippen molar-refractivity contribution in [3.05, 3.63) is 133 Å². The number of nitrogens with zero attached hydrogens (tertiary/aromatic N) is 16. The summed E-state index contributed by atoms with van der Waals surface area (Å²) in [6.07, 6.45) is 25.3. The molecule has 16 bridgehead atoms. The van der Waals surface area contributed by atoms with Gasteiger partial charge in [0.1, 0.15) is 0 Å². The van der Waals surface area contributed by atoms with E-state index in [2.05, 4.69) is 144 Å². The van der Waals surface area contributed by atoms with Gasteiger partial charge in [-0.25, -0.2) is 19.9 Å². The van der Waals surface area contributed by atoms with Crippen LogP contribution in [0, 0.1) is 35.5 Å². The minimum Gasteiger partial charge on any atom is -0.489 e. The smallest absolute Gasteiger partial charge is 0.489 e. The van der Waals surface area contributed by atoms with Crippen molar-refractivity contribution < 1.29 is 61.4 Å². The fourth-order valence-corrected chi connectivity index (χ4v) is 18.7. The Morgan fingerprint density at radius 1 is 0.209 bits per heavy atom. The Kier molecular flexibility index (Phi) is 31.3. The zero-order valence-electron chi connectivity index (χ0n) is 79.6. The van der Waals surface area contributed by atoms with Gasteiger partial charge in [-0.05, 0) is 189 Å². The standard InChI is InChI=1S/C110H124N16O6.2Ni/c1-13-25-37-65(19-7)59-127-89-53-83-85(55-91(89)129-61-67(21-9)39-27-15-3)107-122-105(83)120-103-81-51-71-49-79-80(102-117-100-78-48-36-34-46-76(78)98(115-100)113-96-74-44-32-31-43-73(74)95(111-96)112-97-75-45-33-35-47-77(75)99(114-97)116-101(79)118-102)50-72(71)52-82(81)104(119-103)121-106-84-54-90(128-60-66(20-8)38-26-14-2)92(130-62-68(22-10)40-28-16-4)56-86(84)108(123-106)125-110-88-58-94(132-64-70(24-12)42-30-18-6)93(57-87(88)109(124-107)126-110)131-63-69(23-11)41-29-17-5;;/h31-36,43-58,65-70H,13-30,37-42,59-64H2,1-12H3;;/q-4;2*+2. The Hall–Kier alpha value is -11.5. The Labute approximate surface area is 806 Å². The van der Waals surface area contributed by atoms with E-state index in [4.69, 9.17) is 108 Å². The normalized spacial score (nSPS) is 13.4. The third kappa shape index (κ3) is 20.3. The summed E-state index contributed by atoms with van der Waals surface area (Å²) in [6, 6.07) is 45.0. The molecule has 6 atom stereocenters. The molecule has 0 amide bonds. The molecule has 4 aliphatic rings. The van der Waals surface area contributed by atoms with E-state index in [1.54, 1.807) is 0 Å². The molecule has 18 rings (SSSR count). The van der Waals surface area contributed by atoms with Gasteiger partial charge in [-0.1, -0.05) is 271 Å². The Bertz CT molecular complexity index is 6530. The second-order valence-corrected chi connectivity index (χ2v) is 36.6. The first kappa shape index (κ1) is 95.7. The molecule has 6 aromatic heterocycles. The quantitative estimate of drug-likeness (QED) is 0.0322. The Balaban J connectivity index is 0.00000653. The molecule has 0 aliphatic carbocycles. The Morgan fingerprint density at radius 2 is 0.396 bits per heavy atom. The van der Waals surface area contributed by atoms with Crippen LogP contribution in [0.15, 0.2) is 133 Å². The van der Waals surface area contributed by atoms with Crippen molar-refractivity contribution >= 4 is 99.0 Å². The molecule has 24 heteroatoms. The van der Waals surface area contributed by atoms with Crippen molar-refractivity contribution in [3.8, 4) is 126 Å². The molecule has 6 unspecified atom stereocenters. The first-order chi connectivity index (χ1) is 64.8. The van der Waals surface area contributed by atoms with Crippen LogP contribution in [0.1, 0.15) is 237 Å². The summed E-state index contributed by atoms with van der Waals surface area (Å²) in [5, 5.41) is 7.70. The number of hydrogen-bond donors (Lipinski definition) is 0. The van der Waals surface area contributed by atoms with Crippen LogP contribution in [-0.4, -0.2) is 99.4 Å². The number of rotatable bonds is 42. The zero-order chi connectivity index (χ0) is 90.9. The van der Waals surface area contributed by atoms with E-state index in [0.717, 1.165) is 209 Å². The number of hydrogen-bond acceptors (Lipinski definition) is 18. The Morgan fingerprint density at radius 3 is 0.612 bits per heavy atom. The van der Waals surface area contributed by atoms with Gasteiger partial charge >= 0.3 is 33.0 Å². The molecule has 0 radical (unpaired) electrons. The summed E-state index contributed by atoms with van der Waals surface area (Å²) in [5.74, 6) is 8.83. The first-order valence-corrected chi connectivity index (χ1v) is 49.5. The van der Waals surface area contributed by atoms with Crippen LogP contribution < -0.4 is 48.4 Å². The van der Waals surface area contributed by atoms with Gasteiger partial charge in [-0.3, -0.25) is 0 Å². The third-order valence-electron chi connectivity index (χ3n) is 27.5. The van der Waals surface area contributed by atoms with Gasteiger partial charge in [0, 0.05) is 89.7 Å². The largest absolute Gasteiger partial charge is 2.00 e. The molecule has 700 valence electrons. The summed E-state index contributed by atoms with van der Waals surface area (Å²) in [7, 11) is 0. The number of benzene rings is 8. The van der Waals surface area contributed by atoms with Gasteiger partial charge in [0.05, 0.1) is 86.2 Å². The van der Waals surface area contributed by atoms with E-state index in [-0.39, 0.29) is 33.0 Å². The van der Waals surface area contributed by atoms with Crippen LogP contribution in [0.3, 0.4) is 0 Å². The summed E-state index contributed by atoms with van der Waals surface area (Å²) in [5.41, 5.74) is 9.19. The number of ether oxygens (including phenoxy) is 6. The van der Waals surface area contributed by atoms with Gasteiger partial charge in [0.25, 0.3) is 0 Å². The van der Waals surface area contributed by atoms with Gasteiger partial charge in [0.15, 0.2) is 34.5 Å². The van der Waals surface area contributed by atoms with Crippen molar-refractivity contribution in [1.29, 1.82) is 0 Å². The van der Waals surface area contributed by atoms with Crippen molar-refractivity contribution in [2.24, 2.45) is 35.5 Å². The van der Waals surface area contributed by atoms with E-state index < -0.39 is 0 Å². The van der Waals surface area contributed by atoms with E-state index in [1.807, 2.05) is 72.8 Å². The van der Waals surface area contributed by atoms with Gasteiger partial charge in [-0.2, -0.15) is 0 Å². The van der Waals surface area contributed by atoms with E-state index in [9.17, 15) is 0 Å². The van der Waals surface area contributed by atoms with Crippen LogP contribution in [0.4, 0.5) is 0 Å². The summed E-state index contributed by atoms with van der Waals surface area (Å²) in [4.78, 5) is 87.8. The van der Waals surface area contributed by atoms with Crippen molar-refractivity contribution in [2.45, 2.75) is 237 Å². The fourth-order valence-electron chi connectivity index (χ4n) is 18.7. The molecule has 0 N–H and O–H groups in total. The van der Waals surface area contributed by atoms with Crippen LogP contribution in [0.5, 0.6) is 34.5 Å². The van der Waals surface area contributed by atoms with Gasteiger partial charge < -0.3 is 88.2 Å². The zero-order valence-corrected chi connectivity index (χ0v) is 81.6. The maximum Gasteiger partial charge on any atom is 2.00 e. The summed E-state index contributed by atoms with van der Waals surface area (Å²) >= 11 is 0. The second kappa shape index (κ2) is 43.9. The van der Waals surface area contributed by atoms with E-state index in [1.165, 1.54) is 0 Å². The molecular weight excluding hydrogens is 1760 g/mol. The molecule has 0 spiro atoms. The minimum atomic E-state index is 0. The predicted molar refractivity (Wildman–Crippen MR) is 532 cm³/mol. The number of aromatic nitrogens is 16. The van der Waals surface area contributed by atoms with Gasteiger partial charge in [0.2, 0.25) is 0 Å². The van der Waals surface area contributed by atoms with Crippen LogP contribution >= 0.6 is 0 Å². The molecule has 22 nitrogen and oxygen atoms in total. The summed E-state index contributed by atoms with van der Waals surface area (Å²) < 4.78 is 42.9. The first-order valence-electron chi connectivity index (χ1n) is 49.5. The van der Waals surface area contributed by atoms with E-state index in [0.29, 0.717) is 245 Å². The average molecular weight is 1880 g/mol. The monoisotopic (exact) mass is 1880 g/mol. The predicted octanol–water partition coefficient (Wildman–Crippen LogP) is 27.3. The molecule has 0 saturated carbocycles. The maximum atomic E-state index is 7.15. The molecule has 134 heavy (non-hydrogen) atoms. The minimum absolute atomic E-state index is 0. The van der Waals surface area contributed by atoms with Crippen molar-refractivity contribution in [2.75, 3.05) is 39.6 Å². The molecule has 8 aromatic carbocycles. The average Bonchev–Trinajstić information content (AvgIpc) is 1.58. The molecule has 4 aliphatic heterocycles. The van der Waals surface area contributed by atoms with Crippen LogP contribution in [0.25, 0.3) is 190 Å². The molecule has 10 heterocycles. The second-order valence-electron chi connectivity index (χ2n) is 36.6. The van der Waals surface area contributed by atoms with Crippen LogP contribution in [-0.2, 0) is 33.0 Å². The van der Waals surface area contributed by atoms with E-state index >= 15 is 0 Å². The maximum absolute atomic E-state index is 7.15. The van der Waals surface area contributed by atoms with Crippen LogP contribution in [0.2, 0.25) is 0 Å². The summed E-state index contributed by atoms with van der Waals surface area (Å²) in [6.45, 7) is 30.0. The topological polar surface area (TPSA) is 266 Å². The molecule has 14 aromatic rings. The molecular formula is C110H124N16Ni2O6. The fraction of sp³-hybridized carbons (Fsp3) is 0.436. The number of fused-ring (bicyclic) bond motifs is 41. The third-order valence-corrected chi connectivity index (χ3v) is 27.5.